The lowest BCUT2D eigenvalue weighted by Crippen LogP contribution is -2.22. The molecule has 0 radical (unpaired) electrons. The van der Waals surface area contributed by atoms with Crippen molar-refractivity contribution in [1.29, 1.82) is 0 Å². The van der Waals surface area contributed by atoms with Crippen LogP contribution in [0.1, 0.15) is 40.0 Å². The summed E-state index contributed by atoms with van der Waals surface area (Å²) in [7, 11) is -0.737. The number of hydrogen-bond donors (Lipinski definition) is 0. The maximum atomic E-state index is 11.5. The second-order valence-corrected chi connectivity index (χ2v) is 6.54. The van der Waals surface area contributed by atoms with Crippen molar-refractivity contribution >= 4 is 16.6 Å². The van der Waals surface area contributed by atoms with Crippen molar-refractivity contribution in [3.05, 3.63) is 0 Å². The fraction of sp³-hybridized carbons (Fsp3) is 0.900. The van der Waals surface area contributed by atoms with Crippen molar-refractivity contribution in [3.8, 4) is 0 Å². The van der Waals surface area contributed by atoms with E-state index in [2.05, 4.69) is 0 Å². The van der Waals surface area contributed by atoms with Gasteiger partial charge in [-0.15, -0.1) is 0 Å². The molecule has 1 aliphatic rings. The summed E-state index contributed by atoms with van der Waals surface area (Å²) in [4.78, 5) is 11.5. The maximum absolute atomic E-state index is 11.5. The predicted molar refractivity (Wildman–Crippen MR) is 55.1 cm³/mol. The van der Waals surface area contributed by atoms with Crippen LogP contribution >= 0.6 is 0 Å². The lowest BCUT2D eigenvalue weighted by Gasteiger charge is -2.15. The van der Waals surface area contributed by atoms with E-state index in [1.54, 1.807) is 0 Å². The maximum Gasteiger partial charge on any atom is 0.139 e. The van der Waals surface area contributed by atoms with Crippen molar-refractivity contribution in [2.24, 2.45) is 5.41 Å². The highest BCUT2D eigenvalue weighted by molar-refractivity contribution is 7.85. The van der Waals surface area contributed by atoms with Crippen molar-refractivity contribution in [1.82, 2.24) is 0 Å². The summed E-state index contributed by atoms with van der Waals surface area (Å²) in [6, 6.07) is 0. The summed E-state index contributed by atoms with van der Waals surface area (Å²) >= 11 is 0. The first-order valence-electron chi connectivity index (χ1n) is 4.82. The van der Waals surface area contributed by atoms with Gasteiger partial charge in [-0.2, -0.15) is 0 Å². The quantitative estimate of drug-likeness (QED) is 0.698. The van der Waals surface area contributed by atoms with Gasteiger partial charge in [-0.05, 0) is 12.8 Å². The topological polar surface area (TPSA) is 34.1 Å². The van der Waals surface area contributed by atoms with E-state index in [0.29, 0.717) is 17.4 Å². The summed E-state index contributed by atoms with van der Waals surface area (Å²) in [5, 5.41) is 0.410. The molecule has 0 aliphatic heterocycles. The summed E-state index contributed by atoms with van der Waals surface area (Å²) < 4.78 is 11.4. The van der Waals surface area contributed by atoms with Crippen LogP contribution in [0, 0.1) is 5.41 Å². The van der Waals surface area contributed by atoms with Crippen molar-refractivity contribution in [2.75, 3.05) is 5.75 Å². The Morgan fingerprint density at radius 1 is 1.38 bits per heavy atom. The minimum Gasteiger partial charge on any atom is -0.299 e. The largest absolute Gasteiger partial charge is 0.299 e. The van der Waals surface area contributed by atoms with E-state index in [9.17, 15) is 9.00 Å². The van der Waals surface area contributed by atoms with E-state index in [-0.39, 0.29) is 11.2 Å². The van der Waals surface area contributed by atoms with Gasteiger partial charge in [0.1, 0.15) is 5.78 Å². The molecule has 0 heterocycles. The molecule has 0 aromatic rings. The molecule has 1 fully saturated rings. The molecule has 0 bridgehead atoms. The zero-order valence-electron chi connectivity index (χ0n) is 8.63. The molecule has 0 spiro atoms. The van der Waals surface area contributed by atoms with Crippen LogP contribution in [0.3, 0.4) is 0 Å². The number of ketones is 1. The minimum absolute atomic E-state index is 0.224. The van der Waals surface area contributed by atoms with E-state index in [4.69, 9.17) is 0 Å². The molecule has 1 aliphatic carbocycles. The predicted octanol–water partition coefficient (Wildman–Crippen LogP) is 1.90. The third-order valence-electron chi connectivity index (χ3n) is 2.26. The first kappa shape index (κ1) is 10.9. The van der Waals surface area contributed by atoms with Crippen LogP contribution in [0.2, 0.25) is 0 Å². The third-order valence-corrected chi connectivity index (χ3v) is 4.08. The van der Waals surface area contributed by atoms with Gasteiger partial charge in [0.05, 0.1) is 0 Å². The number of hydrogen-bond acceptors (Lipinski definition) is 2. The average Bonchev–Trinajstić information content (AvgIpc) is 2.79. The van der Waals surface area contributed by atoms with Gasteiger partial charge in [0.15, 0.2) is 0 Å². The van der Waals surface area contributed by atoms with Gasteiger partial charge in [-0.25, -0.2) is 0 Å². The number of carbonyl (C=O) groups is 1. The highest BCUT2D eigenvalue weighted by atomic mass is 32.2. The Morgan fingerprint density at radius 2 is 1.92 bits per heavy atom. The molecule has 0 N–H and O–H groups in total. The van der Waals surface area contributed by atoms with Gasteiger partial charge >= 0.3 is 0 Å². The Labute approximate surface area is 82.6 Å². The van der Waals surface area contributed by atoms with Gasteiger partial charge in [0, 0.05) is 33.6 Å². The molecule has 3 heteroatoms. The summed E-state index contributed by atoms with van der Waals surface area (Å²) in [5.74, 6) is 0.794. The van der Waals surface area contributed by atoms with Gasteiger partial charge < -0.3 is 0 Å². The SMILES string of the molecule is CC(C)(C)C(=O)CCS(=O)C1CC1. The molecular formula is C10H18O2S. The van der Waals surface area contributed by atoms with Gasteiger partial charge in [-0.3, -0.25) is 9.00 Å². The molecular weight excluding hydrogens is 184 g/mol. The highest BCUT2D eigenvalue weighted by Crippen LogP contribution is 2.27. The molecule has 1 atom stereocenters. The van der Waals surface area contributed by atoms with Crippen LogP contribution in [-0.4, -0.2) is 21.0 Å². The molecule has 13 heavy (non-hydrogen) atoms. The van der Waals surface area contributed by atoms with Gasteiger partial charge in [0.25, 0.3) is 0 Å². The Hall–Kier alpha value is -0.180. The molecule has 1 unspecified atom stereocenters. The van der Waals surface area contributed by atoms with Gasteiger partial charge in [-0.1, -0.05) is 20.8 Å². The van der Waals surface area contributed by atoms with Crippen LogP contribution in [0.15, 0.2) is 0 Å². The van der Waals surface area contributed by atoms with Gasteiger partial charge in [0.2, 0.25) is 0 Å². The molecule has 0 saturated heterocycles. The number of rotatable bonds is 4. The zero-order chi connectivity index (χ0) is 10.1. The normalized spacial score (nSPS) is 19.9. The minimum atomic E-state index is -0.737. The standard InChI is InChI=1S/C10H18O2S/c1-10(2,3)9(11)6-7-13(12)8-4-5-8/h8H,4-7H2,1-3H3. The summed E-state index contributed by atoms with van der Waals surface area (Å²) in [5.41, 5.74) is -0.270. The molecule has 76 valence electrons. The first-order valence-corrected chi connectivity index (χ1v) is 6.20. The second-order valence-electron chi connectivity index (χ2n) is 4.71. The average molecular weight is 202 g/mol. The molecule has 2 nitrogen and oxygen atoms in total. The summed E-state index contributed by atoms with van der Waals surface area (Å²) in [6.45, 7) is 5.74. The fourth-order valence-corrected chi connectivity index (χ4v) is 2.45. The van der Waals surface area contributed by atoms with Crippen LogP contribution in [-0.2, 0) is 15.6 Å². The van der Waals surface area contributed by atoms with Crippen molar-refractivity contribution < 1.29 is 9.00 Å². The van der Waals surface area contributed by atoms with E-state index >= 15 is 0 Å². The fourth-order valence-electron chi connectivity index (χ4n) is 1.07. The van der Waals surface area contributed by atoms with Crippen LogP contribution in [0.5, 0.6) is 0 Å². The van der Waals surface area contributed by atoms with E-state index in [1.165, 1.54) is 0 Å². The Kier molecular flexibility index (Phi) is 3.28. The van der Waals surface area contributed by atoms with E-state index < -0.39 is 10.8 Å². The molecule has 0 aromatic carbocycles. The molecule has 1 saturated carbocycles. The third kappa shape index (κ3) is 3.59. The van der Waals surface area contributed by atoms with Crippen LogP contribution in [0.25, 0.3) is 0 Å². The Morgan fingerprint density at radius 3 is 2.31 bits per heavy atom. The highest BCUT2D eigenvalue weighted by Gasteiger charge is 2.29. The van der Waals surface area contributed by atoms with E-state index in [1.807, 2.05) is 20.8 Å². The Balaban J connectivity index is 2.25. The second kappa shape index (κ2) is 3.91. The molecule has 1 rings (SSSR count). The monoisotopic (exact) mass is 202 g/mol. The Bertz CT molecular complexity index is 224. The van der Waals surface area contributed by atoms with E-state index in [0.717, 1.165) is 12.8 Å². The van der Waals surface area contributed by atoms with Crippen LogP contribution in [0.4, 0.5) is 0 Å². The first-order chi connectivity index (χ1) is 5.91. The smallest absolute Gasteiger partial charge is 0.139 e. The lowest BCUT2D eigenvalue weighted by atomic mass is 9.89. The lowest BCUT2D eigenvalue weighted by molar-refractivity contribution is -0.125. The van der Waals surface area contributed by atoms with Crippen LogP contribution < -0.4 is 0 Å². The van der Waals surface area contributed by atoms with Crippen molar-refractivity contribution in [2.45, 2.75) is 45.3 Å². The number of Topliss-reactive ketones (excluding diaryl/α,β-unsaturated/α-hetero) is 1. The summed E-state index contributed by atoms with van der Waals surface area (Å²) in [6.07, 6.45) is 2.67. The molecule has 0 aromatic heterocycles. The van der Waals surface area contributed by atoms with Crippen molar-refractivity contribution in [3.63, 3.8) is 0 Å². The number of carbonyl (C=O) groups excluding carboxylic acids is 1. The zero-order valence-corrected chi connectivity index (χ0v) is 9.45. The molecule has 0 amide bonds.